The Bertz CT molecular complexity index is 909. The Morgan fingerprint density at radius 1 is 1.15 bits per heavy atom. The van der Waals surface area contributed by atoms with Gasteiger partial charge in [-0.1, -0.05) is 57.2 Å². The van der Waals surface area contributed by atoms with E-state index in [2.05, 4.69) is 26.8 Å². The highest BCUT2D eigenvalue weighted by Crippen LogP contribution is 2.37. The van der Waals surface area contributed by atoms with Gasteiger partial charge in [-0.05, 0) is 36.0 Å². The number of nitrogens with zero attached hydrogens (tertiary/aromatic N) is 1. The molecule has 0 aromatic heterocycles. The van der Waals surface area contributed by atoms with E-state index in [9.17, 15) is 10.4 Å². The molecule has 1 aliphatic rings. The summed E-state index contributed by atoms with van der Waals surface area (Å²) in [7, 11) is 0. The molecule has 0 amide bonds. The van der Waals surface area contributed by atoms with Crippen molar-refractivity contribution in [2.45, 2.75) is 52.6 Å². The van der Waals surface area contributed by atoms with E-state index in [0.717, 1.165) is 23.3 Å². The smallest absolute Gasteiger partial charge is 0.141 e. The summed E-state index contributed by atoms with van der Waals surface area (Å²) in [5, 5.41) is 20.5. The third kappa shape index (κ3) is 3.20. The van der Waals surface area contributed by atoms with E-state index in [4.69, 9.17) is 4.74 Å². The van der Waals surface area contributed by atoms with Gasteiger partial charge in [-0.25, -0.2) is 0 Å². The molecule has 26 heavy (non-hydrogen) atoms. The zero-order chi connectivity index (χ0) is 19.1. The van der Waals surface area contributed by atoms with Crippen LogP contribution in [0.15, 0.2) is 36.4 Å². The zero-order valence-electron chi connectivity index (χ0n) is 16.1. The van der Waals surface area contributed by atoms with E-state index < -0.39 is 0 Å². The summed E-state index contributed by atoms with van der Waals surface area (Å²) in [4.78, 5) is 0. The number of rotatable bonds is 2. The fourth-order valence-electron chi connectivity index (χ4n) is 3.41. The molecular weight excluding hydrogens is 322 g/mol. The summed E-state index contributed by atoms with van der Waals surface area (Å²) in [5.74, 6) is 0.835. The molecule has 1 heterocycles. The van der Waals surface area contributed by atoms with Crippen LogP contribution in [-0.2, 0) is 11.8 Å². The minimum Gasteiger partial charge on any atom is -0.506 e. The fourth-order valence-corrected chi connectivity index (χ4v) is 3.41. The lowest BCUT2D eigenvalue weighted by atomic mass is 9.86. The molecule has 1 atom stereocenters. The summed E-state index contributed by atoms with van der Waals surface area (Å²) in [6.45, 7) is 10.4. The minimum atomic E-state index is -0.000498. The maximum atomic E-state index is 10.8. The molecule has 0 saturated carbocycles. The Morgan fingerprint density at radius 3 is 2.38 bits per heavy atom. The van der Waals surface area contributed by atoms with Crippen LogP contribution in [0.5, 0.6) is 5.75 Å². The molecule has 0 bridgehead atoms. The number of fused-ring (bicyclic) bond motifs is 1. The molecule has 0 spiro atoms. The molecule has 2 aromatic carbocycles. The molecule has 1 N–H and O–H groups in total. The van der Waals surface area contributed by atoms with E-state index in [1.807, 2.05) is 50.2 Å². The van der Waals surface area contributed by atoms with Crippen molar-refractivity contribution in [2.24, 2.45) is 0 Å². The van der Waals surface area contributed by atoms with Crippen LogP contribution >= 0.6 is 0 Å². The largest absolute Gasteiger partial charge is 0.506 e. The van der Waals surface area contributed by atoms with E-state index in [1.54, 1.807) is 0 Å². The second-order valence-corrected chi connectivity index (χ2v) is 8.02. The van der Waals surface area contributed by atoms with Crippen LogP contribution in [0.1, 0.15) is 55.5 Å². The van der Waals surface area contributed by atoms with Crippen molar-refractivity contribution in [3.8, 4) is 11.8 Å². The van der Waals surface area contributed by atoms with Crippen molar-refractivity contribution in [2.75, 3.05) is 0 Å². The number of hydrogen-bond donors (Lipinski definition) is 1. The van der Waals surface area contributed by atoms with Gasteiger partial charge in [-0.3, -0.25) is 0 Å². The topological polar surface area (TPSA) is 53.2 Å². The Balaban J connectivity index is 2.06. The molecule has 0 radical (unpaired) electrons. The fraction of sp³-hybridized carbons (Fsp3) is 0.348. The van der Waals surface area contributed by atoms with Crippen molar-refractivity contribution >= 4 is 11.3 Å². The van der Waals surface area contributed by atoms with Crippen LogP contribution in [0, 0.1) is 18.3 Å². The van der Waals surface area contributed by atoms with Gasteiger partial charge in [0.2, 0.25) is 0 Å². The number of aliphatic hydroxyl groups is 1. The Labute approximate surface area is 155 Å². The van der Waals surface area contributed by atoms with Crippen molar-refractivity contribution in [3.63, 3.8) is 0 Å². The Hall–Kier alpha value is -2.73. The average Bonchev–Trinajstić information content (AvgIpc) is 2.97. The molecule has 3 nitrogen and oxygen atoms in total. The van der Waals surface area contributed by atoms with Crippen LogP contribution in [0.4, 0.5) is 0 Å². The highest BCUT2D eigenvalue weighted by molar-refractivity contribution is 5.95. The first-order valence-electron chi connectivity index (χ1n) is 8.96. The molecule has 3 rings (SSSR count). The van der Waals surface area contributed by atoms with Crippen LogP contribution in [0.25, 0.3) is 11.3 Å². The highest BCUT2D eigenvalue weighted by atomic mass is 16.5. The maximum Gasteiger partial charge on any atom is 0.141 e. The summed E-state index contributed by atoms with van der Waals surface area (Å²) < 4.78 is 5.88. The first-order chi connectivity index (χ1) is 12.2. The number of aliphatic hydroxyl groups excluding tert-OH is 1. The minimum absolute atomic E-state index is 0.000498. The van der Waals surface area contributed by atoms with Gasteiger partial charge in [-0.15, -0.1) is 0 Å². The van der Waals surface area contributed by atoms with Crippen LogP contribution in [0.2, 0.25) is 0 Å². The normalized spacial score (nSPS) is 17.2. The lowest BCUT2D eigenvalue weighted by Crippen LogP contribution is -2.10. The number of hydrogen-bond acceptors (Lipinski definition) is 3. The van der Waals surface area contributed by atoms with Crippen molar-refractivity contribution in [3.05, 3.63) is 64.2 Å². The average molecular weight is 347 g/mol. The van der Waals surface area contributed by atoms with Gasteiger partial charge in [0.1, 0.15) is 29.3 Å². The second kappa shape index (κ2) is 6.53. The van der Waals surface area contributed by atoms with E-state index >= 15 is 0 Å². The van der Waals surface area contributed by atoms with Crippen LogP contribution in [0.3, 0.4) is 0 Å². The van der Waals surface area contributed by atoms with Gasteiger partial charge < -0.3 is 9.84 Å². The summed E-state index contributed by atoms with van der Waals surface area (Å²) >= 11 is 0. The molecule has 0 fully saturated rings. The zero-order valence-corrected chi connectivity index (χ0v) is 16.1. The number of allylic oxidation sites excluding steroid dienone is 1. The van der Waals surface area contributed by atoms with Crippen molar-refractivity contribution in [1.29, 1.82) is 5.26 Å². The second-order valence-electron chi connectivity index (χ2n) is 8.02. The third-order valence-corrected chi connectivity index (χ3v) is 4.96. The standard InChI is InChI=1S/C23H25NO2/c1-14-12-17-8-11-19(15(2)22(17)26-14)21(25)20(13-24)16-6-9-18(10-7-16)23(3,4)5/h6-11,14,25H,12H2,1-5H3. The van der Waals surface area contributed by atoms with Crippen molar-refractivity contribution in [1.82, 2.24) is 0 Å². The number of benzene rings is 2. The van der Waals surface area contributed by atoms with Gasteiger partial charge in [0.05, 0.1) is 0 Å². The Morgan fingerprint density at radius 2 is 1.81 bits per heavy atom. The first kappa shape index (κ1) is 18.1. The van der Waals surface area contributed by atoms with Crippen LogP contribution < -0.4 is 4.74 Å². The van der Waals surface area contributed by atoms with Gasteiger partial charge in [-0.2, -0.15) is 5.26 Å². The van der Waals surface area contributed by atoms with Crippen molar-refractivity contribution < 1.29 is 9.84 Å². The molecule has 0 aliphatic carbocycles. The molecule has 0 saturated heterocycles. The van der Waals surface area contributed by atoms with E-state index in [-0.39, 0.29) is 22.9 Å². The molecular formula is C23H25NO2. The Kier molecular flexibility index (Phi) is 4.54. The molecule has 2 aromatic rings. The lowest BCUT2D eigenvalue weighted by Gasteiger charge is -2.19. The monoisotopic (exact) mass is 347 g/mol. The maximum absolute atomic E-state index is 10.8. The summed E-state index contributed by atoms with van der Waals surface area (Å²) in [5.41, 5.74) is 4.90. The lowest BCUT2D eigenvalue weighted by molar-refractivity contribution is 0.253. The highest BCUT2D eigenvalue weighted by Gasteiger charge is 2.24. The SMILES string of the molecule is Cc1c(C(O)=C(C#N)c2ccc(C(C)(C)C)cc2)ccc2c1OC(C)C2. The quantitative estimate of drug-likeness (QED) is 0.439. The molecule has 134 valence electrons. The third-order valence-electron chi connectivity index (χ3n) is 4.96. The summed E-state index contributed by atoms with van der Waals surface area (Å²) in [6.07, 6.45) is 1.02. The predicted molar refractivity (Wildman–Crippen MR) is 105 cm³/mol. The predicted octanol–water partition coefficient (Wildman–Crippen LogP) is 5.57. The number of ether oxygens (including phenoxy) is 1. The van der Waals surface area contributed by atoms with Gasteiger partial charge >= 0.3 is 0 Å². The number of nitriles is 1. The molecule has 1 unspecified atom stereocenters. The molecule has 1 aliphatic heterocycles. The van der Waals surface area contributed by atoms with Gasteiger partial charge in [0, 0.05) is 17.5 Å². The molecule has 3 heteroatoms. The van der Waals surface area contributed by atoms with E-state index in [1.165, 1.54) is 5.56 Å². The van der Waals surface area contributed by atoms with E-state index in [0.29, 0.717) is 11.1 Å². The van der Waals surface area contributed by atoms with Crippen LogP contribution in [-0.4, -0.2) is 11.2 Å². The first-order valence-corrected chi connectivity index (χ1v) is 8.96. The van der Waals surface area contributed by atoms with Gasteiger partial charge in [0.15, 0.2) is 0 Å². The van der Waals surface area contributed by atoms with Gasteiger partial charge in [0.25, 0.3) is 0 Å². The summed E-state index contributed by atoms with van der Waals surface area (Å²) in [6, 6.07) is 13.9.